The molecule has 0 aliphatic carbocycles. The van der Waals surface area contributed by atoms with E-state index in [9.17, 15) is 4.79 Å². The van der Waals surface area contributed by atoms with Crippen molar-refractivity contribution in [2.45, 2.75) is 18.5 Å². The topological polar surface area (TPSA) is 58.4 Å². The fourth-order valence-electron chi connectivity index (χ4n) is 2.03. The molecule has 112 valence electrons. The lowest BCUT2D eigenvalue weighted by Gasteiger charge is -2.16. The maximum absolute atomic E-state index is 10.8. The van der Waals surface area contributed by atoms with Crippen LogP contribution in [-0.4, -0.2) is 40.5 Å². The van der Waals surface area contributed by atoms with E-state index in [0.29, 0.717) is 5.16 Å². The summed E-state index contributed by atoms with van der Waals surface area (Å²) in [5, 5.41) is 9.57. The number of benzene rings is 1. The Balaban J connectivity index is 2.43. The predicted octanol–water partition coefficient (Wildman–Crippen LogP) is 2.68. The van der Waals surface area contributed by atoms with Crippen molar-refractivity contribution in [3.63, 3.8) is 0 Å². The number of thioether (sulfide) groups is 1. The largest absolute Gasteiger partial charge is 0.481 e. The van der Waals surface area contributed by atoms with Crippen LogP contribution in [0.3, 0.4) is 0 Å². The smallest absolute Gasteiger partial charge is 0.313 e. The van der Waals surface area contributed by atoms with Gasteiger partial charge < -0.3 is 10.0 Å². The van der Waals surface area contributed by atoms with Crippen LogP contribution in [0.4, 0.5) is 5.69 Å². The molecule has 0 radical (unpaired) electrons. The summed E-state index contributed by atoms with van der Waals surface area (Å²) in [4.78, 5) is 17.2. The van der Waals surface area contributed by atoms with Crippen LogP contribution < -0.4 is 4.90 Å². The fraction of sp³-hybridized carbons (Fsp3) is 0.333. The average molecular weight is 305 g/mol. The first-order valence-electron chi connectivity index (χ1n) is 6.72. The Morgan fingerprint density at radius 2 is 2.19 bits per heavy atom. The predicted molar refractivity (Wildman–Crippen MR) is 85.6 cm³/mol. The highest BCUT2D eigenvalue weighted by Gasteiger charge is 2.13. The quantitative estimate of drug-likeness (QED) is 0.832. The van der Waals surface area contributed by atoms with Crippen LogP contribution in [0, 0.1) is 0 Å². The Bertz CT molecular complexity index is 638. The number of imidazole rings is 1. The molecular formula is C15H19N3O2S. The Morgan fingerprint density at radius 1 is 1.43 bits per heavy atom. The summed E-state index contributed by atoms with van der Waals surface area (Å²) in [6.45, 7) is 2.06. The molecule has 0 spiro atoms. The minimum absolute atomic E-state index is 0.00748. The van der Waals surface area contributed by atoms with Crippen LogP contribution in [0.5, 0.6) is 0 Å². The Hall–Kier alpha value is -1.95. The number of carboxylic acids is 1. The number of hydrogen-bond donors (Lipinski definition) is 1. The van der Waals surface area contributed by atoms with Gasteiger partial charge in [0.25, 0.3) is 0 Å². The lowest BCUT2D eigenvalue weighted by atomic mass is 10.2. The number of hydrogen-bond acceptors (Lipinski definition) is 4. The van der Waals surface area contributed by atoms with Crippen LogP contribution in [0.25, 0.3) is 5.69 Å². The fourth-order valence-corrected chi connectivity index (χ4v) is 2.76. The Morgan fingerprint density at radius 3 is 2.81 bits per heavy atom. The van der Waals surface area contributed by atoms with Crippen LogP contribution in [-0.2, 0) is 11.2 Å². The highest BCUT2D eigenvalue weighted by Crippen LogP contribution is 2.26. The summed E-state index contributed by atoms with van der Waals surface area (Å²) in [6.07, 6.45) is 2.65. The first-order chi connectivity index (χ1) is 10.0. The van der Waals surface area contributed by atoms with Crippen molar-refractivity contribution in [2.24, 2.45) is 0 Å². The molecule has 2 aromatic rings. The van der Waals surface area contributed by atoms with E-state index in [-0.39, 0.29) is 5.75 Å². The highest BCUT2D eigenvalue weighted by atomic mass is 32.2. The molecule has 6 heteroatoms. The zero-order chi connectivity index (χ0) is 15.4. The summed E-state index contributed by atoms with van der Waals surface area (Å²) in [5.74, 6) is -0.831. The number of anilines is 1. The number of nitrogens with zero attached hydrogens (tertiary/aromatic N) is 3. The molecule has 0 bridgehead atoms. The second-order valence-electron chi connectivity index (χ2n) is 4.82. The molecule has 0 aliphatic rings. The van der Waals surface area contributed by atoms with Gasteiger partial charge in [0.1, 0.15) is 0 Å². The molecule has 0 aliphatic heterocycles. The van der Waals surface area contributed by atoms with Gasteiger partial charge in [0, 0.05) is 37.4 Å². The average Bonchev–Trinajstić information content (AvgIpc) is 2.88. The monoisotopic (exact) mass is 305 g/mol. The van der Waals surface area contributed by atoms with E-state index in [4.69, 9.17) is 5.11 Å². The molecule has 0 fully saturated rings. The lowest BCUT2D eigenvalue weighted by molar-refractivity contribution is -0.133. The van der Waals surface area contributed by atoms with Crippen molar-refractivity contribution in [1.82, 2.24) is 9.55 Å². The molecule has 1 heterocycles. The van der Waals surface area contributed by atoms with E-state index in [0.717, 1.165) is 23.5 Å². The summed E-state index contributed by atoms with van der Waals surface area (Å²) >= 11 is 1.24. The van der Waals surface area contributed by atoms with Gasteiger partial charge in [0.05, 0.1) is 5.75 Å². The Kier molecular flexibility index (Phi) is 4.90. The van der Waals surface area contributed by atoms with Gasteiger partial charge in [-0.15, -0.1) is 0 Å². The molecular weight excluding hydrogens is 286 g/mol. The van der Waals surface area contributed by atoms with Gasteiger partial charge in [0.15, 0.2) is 5.16 Å². The number of aromatic nitrogens is 2. The maximum Gasteiger partial charge on any atom is 0.313 e. The molecule has 1 N–H and O–H groups in total. The first-order valence-corrected chi connectivity index (χ1v) is 7.70. The molecule has 1 aromatic carbocycles. The van der Waals surface area contributed by atoms with Gasteiger partial charge in [0.2, 0.25) is 0 Å². The van der Waals surface area contributed by atoms with Crippen LogP contribution in [0.15, 0.2) is 35.6 Å². The third-order valence-corrected chi connectivity index (χ3v) is 4.03. The van der Waals surface area contributed by atoms with Crippen molar-refractivity contribution < 1.29 is 9.90 Å². The zero-order valence-electron chi connectivity index (χ0n) is 12.4. The van der Waals surface area contributed by atoms with Gasteiger partial charge in [-0.05, 0) is 24.6 Å². The summed E-state index contributed by atoms with van der Waals surface area (Å²) in [7, 11) is 3.99. The number of aryl methyl sites for hydroxylation is 1. The van der Waals surface area contributed by atoms with Crippen molar-refractivity contribution in [1.29, 1.82) is 0 Å². The van der Waals surface area contributed by atoms with Crippen molar-refractivity contribution >= 4 is 23.4 Å². The Labute approximate surface area is 128 Å². The first kappa shape index (κ1) is 15.4. The third-order valence-electron chi connectivity index (χ3n) is 3.09. The van der Waals surface area contributed by atoms with E-state index in [2.05, 4.69) is 18.0 Å². The molecule has 0 unspecified atom stereocenters. The number of carboxylic acid groups (broad SMARTS) is 1. The minimum atomic E-state index is -0.838. The van der Waals surface area contributed by atoms with E-state index in [1.807, 2.05) is 48.0 Å². The molecule has 1 aromatic heterocycles. The number of rotatable bonds is 6. The standard InChI is InChI=1S/C15H19N3O2S/c1-4-11-9-16-15(21-10-14(19)20)18(11)13-7-5-6-12(8-13)17(2)3/h5-9H,4,10H2,1-3H3,(H,19,20). The minimum Gasteiger partial charge on any atom is -0.481 e. The molecule has 0 atom stereocenters. The molecule has 0 saturated carbocycles. The zero-order valence-corrected chi connectivity index (χ0v) is 13.2. The lowest BCUT2D eigenvalue weighted by Crippen LogP contribution is -2.10. The highest BCUT2D eigenvalue weighted by molar-refractivity contribution is 7.99. The van der Waals surface area contributed by atoms with Gasteiger partial charge >= 0.3 is 5.97 Å². The summed E-state index contributed by atoms with van der Waals surface area (Å²) in [6, 6.07) is 8.12. The third kappa shape index (κ3) is 3.58. The molecule has 2 rings (SSSR count). The second kappa shape index (κ2) is 6.67. The van der Waals surface area contributed by atoms with E-state index in [1.54, 1.807) is 0 Å². The van der Waals surface area contributed by atoms with Crippen molar-refractivity contribution in [3.05, 3.63) is 36.2 Å². The summed E-state index contributed by atoms with van der Waals surface area (Å²) < 4.78 is 2.03. The number of aliphatic carboxylic acids is 1. The van der Waals surface area contributed by atoms with Crippen molar-refractivity contribution in [3.8, 4) is 5.69 Å². The normalized spacial score (nSPS) is 10.6. The van der Waals surface area contributed by atoms with Gasteiger partial charge in [-0.25, -0.2) is 4.98 Å². The molecule has 0 amide bonds. The van der Waals surface area contributed by atoms with Gasteiger partial charge in [-0.3, -0.25) is 9.36 Å². The second-order valence-corrected chi connectivity index (χ2v) is 5.76. The van der Waals surface area contributed by atoms with Gasteiger partial charge in [-0.1, -0.05) is 24.8 Å². The maximum atomic E-state index is 10.8. The summed E-state index contributed by atoms with van der Waals surface area (Å²) in [5.41, 5.74) is 3.17. The molecule has 21 heavy (non-hydrogen) atoms. The van der Waals surface area contributed by atoms with E-state index >= 15 is 0 Å². The van der Waals surface area contributed by atoms with Crippen LogP contribution >= 0.6 is 11.8 Å². The molecule has 0 saturated heterocycles. The van der Waals surface area contributed by atoms with Gasteiger partial charge in [-0.2, -0.15) is 0 Å². The van der Waals surface area contributed by atoms with Crippen molar-refractivity contribution in [2.75, 3.05) is 24.7 Å². The SMILES string of the molecule is CCc1cnc(SCC(=O)O)n1-c1cccc(N(C)C)c1. The van der Waals surface area contributed by atoms with Crippen LogP contribution in [0.2, 0.25) is 0 Å². The number of carbonyl (C=O) groups is 1. The van der Waals surface area contributed by atoms with Crippen LogP contribution in [0.1, 0.15) is 12.6 Å². The van der Waals surface area contributed by atoms with E-state index in [1.165, 1.54) is 11.8 Å². The molecule has 5 nitrogen and oxygen atoms in total. The van der Waals surface area contributed by atoms with E-state index < -0.39 is 5.97 Å².